The van der Waals surface area contributed by atoms with E-state index in [0.717, 1.165) is 35.6 Å². The Balaban J connectivity index is 1.94. The second-order valence-electron chi connectivity index (χ2n) is 4.64. The highest BCUT2D eigenvalue weighted by Gasteiger charge is 2.27. The van der Waals surface area contributed by atoms with Gasteiger partial charge in [0, 0.05) is 12.7 Å². The zero-order valence-electron chi connectivity index (χ0n) is 9.75. The van der Waals surface area contributed by atoms with Gasteiger partial charge in [-0.05, 0) is 38.5 Å². The maximum Gasteiger partial charge on any atom is 0.147 e. The van der Waals surface area contributed by atoms with E-state index < -0.39 is 0 Å². The van der Waals surface area contributed by atoms with Gasteiger partial charge in [0.25, 0.3) is 0 Å². The zero-order chi connectivity index (χ0) is 10.8. The molecule has 2 rings (SSSR count). The Morgan fingerprint density at radius 2 is 2.20 bits per heavy atom. The summed E-state index contributed by atoms with van der Waals surface area (Å²) in [5, 5.41) is 3.40. The van der Waals surface area contributed by atoms with Gasteiger partial charge in [0.15, 0.2) is 0 Å². The van der Waals surface area contributed by atoms with Crippen molar-refractivity contribution in [3.05, 3.63) is 17.6 Å². The monoisotopic (exact) mass is 205 g/mol. The van der Waals surface area contributed by atoms with E-state index in [-0.39, 0.29) is 0 Å². The Morgan fingerprint density at radius 3 is 2.87 bits per heavy atom. The van der Waals surface area contributed by atoms with Crippen molar-refractivity contribution in [3.63, 3.8) is 0 Å². The van der Waals surface area contributed by atoms with Gasteiger partial charge in [0.05, 0.1) is 11.4 Å². The summed E-state index contributed by atoms with van der Waals surface area (Å²) in [5.74, 6) is 2.64. The minimum absolute atomic E-state index is 0.756. The van der Waals surface area contributed by atoms with Crippen LogP contribution in [0.2, 0.25) is 0 Å². The first-order chi connectivity index (χ1) is 7.16. The summed E-state index contributed by atoms with van der Waals surface area (Å²) in [6.45, 7) is 7.30. The van der Waals surface area contributed by atoms with Gasteiger partial charge >= 0.3 is 0 Å². The van der Waals surface area contributed by atoms with Crippen LogP contribution in [0.5, 0.6) is 0 Å². The highest BCUT2D eigenvalue weighted by molar-refractivity contribution is 5.39. The molecule has 0 amide bonds. The summed E-state index contributed by atoms with van der Waals surface area (Å²) in [5.41, 5.74) is 1.96. The molecule has 0 aliphatic heterocycles. The van der Waals surface area contributed by atoms with Gasteiger partial charge in [-0.15, -0.1) is 0 Å². The van der Waals surface area contributed by atoms with E-state index in [0.29, 0.717) is 0 Å². The van der Waals surface area contributed by atoms with Gasteiger partial charge in [0.1, 0.15) is 5.82 Å². The molecule has 1 unspecified atom stereocenters. The highest BCUT2D eigenvalue weighted by Crippen LogP contribution is 2.36. The highest BCUT2D eigenvalue weighted by atomic mass is 15.0. The Bertz CT molecular complexity index is 345. The number of hydrogen-bond donors (Lipinski definition) is 1. The molecular weight excluding hydrogens is 186 g/mol. The molecule has 1 aromatic rings. The Morgan fingerprint density at radius 1 is 1.47 bits per heavy atom. The van der Waals surface area contributed by atoms with E-state index in [1.807, 2.05) is 20.0 Å². The van der Waals surface area contributed by atoms with Crippen LogP contribution in [0.4, 0.5) is 5.82 Å². The number of hydrogen-bond acceptors (Lipinski definition) is 3. The van der Waals surface area contributed by atoms with E-state index >= 15 is 0 Å². The predicted molar refractivity (Wildman–Crippen MR) is 61.9 cm³/mol. The number of aryl methyl sites for hydroxylation is 2. The van der Waals surface area contributed by atoms with Crippen molar-refractivity contribution in [1.29, 1.82) is 0 Å². The average molecular weight is 205 g/mol. The van der Waals surface area contributed by atoms with Crippen LogP contribution in [0.1, 0.15) is 31.2 Å². The number of anilines is 1. The topological polar surface area (TPSA) is 37.8 Å². The van der Waals surface area contributed by atoms with Gasteiger partial charge in [-0.25, -0.2) is 4.98 Å². The van der Waals surface area contributed by atoms with Crippen LogP contribution in [0.3, 0.4) is 0 Å². The quantitative estimate of drug-likeness (QED) is 0.821. The molecule has 0 bridgehead atoms. The lowest BCUT2D eigenvalue weighted by molar-refractivity contribution is 0.535. The number of rotatable bonds is 4. The van der Waals surface area contributed by atoms with Gasteiger partial charge in [-0.2, -0.15) is 0 Å². The Kier molecular flexibility index (Phi) is 2.89. The van der Waals surface area contributed by atoms with Gasteiger partial charge in [0.2, 0.25) is 0 Å². The fourth-order valence-corrected chi connectivity index (χ4v) is 1.79. The lowest BCUT2D eigenvalue weighted by Gasteiger charge is -2.13. The molecule has 82 valence electrons. The molecule has 3 heteroatoms. The normalized spacial score (nSPS) is 17.5. The van der Waals surface area contributed by atoms with E-state index in [9.17, 15) is 0 Å². The van der Waals surface area contributed by atoms with Crippen LogP contribution in [0, 0.1) is 25.7 Å². The Labute approximate surface area is 91.3 Å². The maximum atomic E-state index is 4.45. The van der Waals surface area contributed by atoms with Crippen LogP contribution in [0.15, 0.2) is 6.20 Å². The third-order valence-electron chi connectivity index (χ3n) is 3.09. The van der Waals surface area contributed by atoms with Crippen molar-refractivity contribution in [2.75, 3.05) is 11.9 Å². The van der Waals surface area contributed by atoms with Crippen molar-refractivity contribution < 1.29 is 0 Å². The number of nitrogens with one attached hydrogen (secondary N) is 1. The summed E-state index contributed by atoms with van der Waals surface area (Å²) in [6, 6.07) is 0. The van der Waals surface area contributed by atoms with Crippen LogP contribution < -0.4 is 5.32 Å². The number of aromatic nitrogens is 2. The van der Waals surface area contributed by atoms with Crippen molar-refractivity contribution in [1.82, 2.24) is 9.97 Å². The second-order valence-corrected chi connectivity index (χ2v) is 4.64. The molecule has 0 spiro atoms. The SMILES string of the molecule is Cc1cnc(C)c(NCC(C)C2CC2)n1. The first-order valence-corrected chi connectivity index (χ1v) is 5.71. The molecule has 1 saturated carbocycles. The molecule has 1 aliphatic rings. The maximum absolute atomic E-state index is 4.45. The third kappa shape index (κ3) is 2.67. The number of nitrogens with zero attached hydrogens (tertiary/aromatic N) is 2. The Hall–Kier alpha value is -1.12. The fourth-order valence-electron chi connectivity index (χ4n) is 1.79. The predicted octanol–water partition coefficient (Wildman–Crippen LogP) is 2.55. The molecule has 15 heavy (non-hydrogen) atoms. The molecule has 1 fully saturated rings. The second kappa shape index (κ2) is 4.17. The van der Waals surface area contributed by atoms with Crippen molar-refractivity contribution in [3.8, 4) is 0 Å². The molecular formula is C12H19N3. The van der Waals surface area contributed by atoms with Crippen LogP contribution in [-0.4, -0.2) is 16.5 Å². The lowest BCUT2D eigenvalue weighted by Crippen LogP contribution is -2.15. The minimum Gasteiger partial charge on any atom is -0.368 e. The van der Waals surface area contributed by atoms with Crippen LogP contribution in [0.25, 0.3) is 0 Å². The summed E-state index contributed by atoms with van der Waals surface area (Å²) in [4.78, 5) is 8.74. The minimum atomic E-state index is 0.756. The fraction of sp³-hybridized carbons (Fsp3) is 0.667. The van der Waals surface area contributed by atoms with Crippen LogP contribution in [-0.2, 0) is 0 Å². The van der Waals surface area contributed by atoms with E-state index in [2.05, 4.69) is 22.2 Å². The smallest absolute Gasteiger partial charge is 0.147 e. The summed E-state index contributed by atoms with van der Waals surface area (Å²) in [7, 11) is 0. The molecule has 1 aliphatic carbocycles. The molecule has 0 radical (unpaired) electrons. The van der Waals surface area contributed by atoms with Crippen molar-refractivity contribution in [2.24, 2.45) is 11.8 Å². The molecule has 1 N–H and O–H groups in total. The van der Waals surface area contributed by atoms with Crippen molar-refractivity contribution >= 4 is 5.82 Å². The summed E-state index contributed by atoms with van der Waals surface area (Å²) >= 11 is 0. The van der Waals surface area contributed by atoms with E-state index in [1.54, 1.807) is 0 Å². The lowest BCUT2D eigenvalue weighted by atomic mass is 10.1. The first-order valence-electron chi connectivity index (χ1n) is 5.71. The molecule has 3 nitrogen and oxygen atoms in total. The molecule has 1 atom stereocenters. The van der Waals surface area contributed by atoms with Gasteiger partial charge in [-0.1, -0.05) is 6.92 Å². The average Bonchev–Trinajstić information content (AvgIpc) is 3.02. The van der Waals surface area contributed by atoms with E-state index in [1.165, 1.54) is 12.8 Å². The summed E-state index contributed by atoms with van der Waals surface area (Å²) < 4.78 is 0. The zero-order valence-corrected chi connectivity index (χ0v) is 9.75. The molecule has 0 aromatic carbocycles. The largest absolute Gasteiger partial charge is 0.368 e. The first kappa shape index (κ1) is 10.4. The van der Waals surface area contributed by atoms with Gasteiger partial charge in [-0.3, -0.25) is 4.98 Å². The van der Waals surface area contributed by atoms with Gasteiger partial charge < -0.3 is 5.32 Å². The van der Waals surface area contributed by atoms with E-state index in [4.69, 9.17) is 0 Å². The third-order valence-corrected chi connectivity index (χ3v) is 3.09. The van der Waals surface area contributed by atoms with Crippen LogP contribution >= 0.6 is 0 Å². The molecule has 1 heterocycles. The standard InChI is InChI=1S/C12H19N3/c1-8(11-4-5-11)6-14-12-10(3)13-7-9(2)15-12/h7-8,11H,4-6H2,1-3H3,(H,14,15). The molecule has 0 saturated heterocycles. The summed E-state index contributed by atoms with van der Waals surface area (Å²) in [6.07, 6.45) is 4.62. The molecule has 1 aromatic heterocycles. The van der Waals surface area contributed by atoms with Crippen molar-refractivity contribution in [2.45, 2.75) is 33.6 Å².